The minimum atomic E-state index is -0.598. The highest BCUT2D eigenvalue weighted by Gasteiger charge is 2.45. The van der Waals surface area contributed by atoms with Gasteiger partial charge in [0.2, 0.25) is 5.13 Å². The molecule has 0 saturated heterocycles. The molecule has 1 atom stereocenters. The van der Waals surface area contributed by atoms with Gasteiger partial charge >= 0.3 is 0 Å². The minimum Gasteiger partial charge on any atom is -0.493 e. The van der Waals surface area contributed by atoms with Gasteiger partial charge in [-0.25, -0.2) is 0 Å². The number of hydrogen-bond donors (Lipinski definition) is 1. The first-order valence-corrected chi connectivity index (χ1v) is 14.6. The molecule has 1 fully saturated rings. The standard InChI is InChI=1S/C28H33N5O3S2/c1-28(2)13-19-24(20(34)14-28)23(16-10-11-21(35-3)22(12-16)36-4)18(15-29)25(30)33(19)26-31-32-27(38-26)37-17-8-6-5-7-9-17/h10-12,17,23H,5-9,13-14,30H2,1-4H3. The lowest BCUT2D eigenvalue weighted by Gasteiger charge is -2.42. The molecule has 0 spiro atoms. The molecule has 1 aromatic heterocycles. The molecule has 1 unspecified atom stereocenters. The van der Waals surface area contributed by atoms with Gasteiger partial charge in [0.05, 0.1) is 31.8 Å². The largest absolute Gasteiger partial charge is 0.493 e. The van der Waals surface area contributed by atoms with E-state index in [0.717, 1.165) is 15.6 Å². The van der Waals surface area contributed by atoms with E-state index in [1.165, 1.54) is 43.4 Å². The van der Waals surface area contributed by atoms with Gasteiger partial charge in [0.25, 0.3) is 0 Å². The Morgan fingerprint density at radius 3 is 2.55 bits per heavy atom. The number of anilines is 1. The molecule has 38 heavy (non-hydrogen) atoms. The number of nitrogens with zero attached hydrogens (tertiary/aromatic N) is 4. The lowest BCUT2D eigenvalue weighted by atomic mass is 9.68. The Morgan fingerprint density at radius 2 is 1.87 bits per heavy atom. The molecule has 1 saturated carbocycles. The van der Waals surface area contributed by atoms with Crippen molar-refractivity contribution in [1.82, 2.24) is 10.2 Å². The van der Waals surface area contributed by atoms with Crippen molar-refractivity contribution < 1.29 is 14.3 Å². The van der Waals surface area contributed by atoms with E-state index in [1.807, 2.05) is 17.0 Å². The highest BCUT2D eigenvalue weighted by molar-refractivity contribution is 8.01. The molecule has 1 aliphatic heterocycles. The zero-order chi connectivity index (χ0) is 27.0. The van der Waals surface area contributed by atoms with Gasteiger partial charge in [-0.05, 0) is 42.4 Å². The number of carbonyl (C=O) groups excluding carboxylic acids is 1. The van der Waals surface area contributed by atoms with Crippen molar-refractivity contribution >= 4 is 34.0 Å². The first-order chi connectivity index (χ1) is 18.3. The van der Waals surface area contributed by atoms with Crippen LogP contribution in [0.4, 0.5) is 5.13 Å². The smallest absolute Gasteiger partial charge is 0.219 e. The van der Waals surface area contributed by atoms with Crippen LogP contribution in [0.3, 0.4) is 0 Å². The van der Waals surface area contributed by atoms with E-state index < -0.39 is 5.92 Å². The second-order valence-corrected chi connectivity index (χ2v) is 13.3. The minimum absolute atomic E-state index is 0.0163. The van der Waals surface area contributed by atoms with Crippen LogP contribution in [-0.2, 0) is 4.79 Å². The Bertz CT molecular complexity index is 1350. The average Bonchev–Trinajstić information content (AvgIpc) is 3.35. The fourth-order valence-corrected chi connectivity index (χ4v) is 8.14. The molecule has 3 aliphatic rings. The summed E-state index contributed by atoms with van der Waals surface area (Å²) >= 11 is 3.25. The molecule has 2 N–H and O–H groups in total. The molecule has 2 heterocycles. The van der Waals surface area contributed by atoms with Crippen molar-refractivity contribution in [2.45, 2.75) is 74.3 Å². The van der Waals surface area contributed by atoms with Crippen molar-refractivity contribution in [3.63, 3.8) is 0 Å². The quantitative estimate of drug-likeness (QED) is 0.467. The van der Waals surface area contributed by atoms with Crippen LogP contribution in [0.1, 0.15) is 70.3 Å². The van der Waals surface area contributed by atoms with Gasteiger partial charge < -0.3 is 15.2 Å². The Kier molecular flexibility index (Phi) is 7.43. The van der Waals surface area contributed by atoms with E-state index >= 15 is 0 Å². The van der Waals surface area contributed by atoms with E-state index in [9.17, 15) is 10.1 Å². The summed E-state index contributed by atoms with van der Waals surface area (Å²) in [5, 5.41) is 20.5. The van der Waals surface area contributed by atoms with E-state index in [0.29, 0.717) is 51.7 Å². The number of allylic oxidation sites excluding steroid dienone is 3. The molecule has 2 aromatic rings. The van der Waals surface area contributed by atoms with Gasteiger partial charge in [-0.3, -0.25) is 9.69 Å². The van der Waals surface area contributed by atoms with Crippen LogP contribution in [0.25, 0.3) is 0 Å². The average molecular weight is 552 g/mol. The number of ketones is 1. The van der Waals surface area contributed by atoms with Crippen LogP contribution >= 0.6 is 23.1 Å². The number of rotatable bonds is 6. The van der Waals surface area contributed by atoms with E-state index in [4.69, 9.17) is 15.2 Å². The topological polar surface area (TPSA) is 114 Å². The molecule has 0 amide bonds. The predicted molar refractivity (Wildman–Crippen MR) is 149 cm³/mol. The number of methoxy groups -OCH3 is 2. The first kappa shape index (κ1) is 26.6. The summed E-state index contributed by atoms with van der Waals surface area (Å²) in [6, 6.07) is 7.81. The van der Waals surface area contributed by atoms with Gasteiger partial charge in [0.15, 0.2) is 21.6 Å². The lowest BCUT2D eigenvalue weighted by Crippen LogP contribution is -2.42. The number of ether oxygens (including phenoxy) is 2. The molecular weight excluding hydrogens is 518 g/mol. The molecular formula is C28H33N5O3S2. The van der Waals surface area contributed by atoms with Crippen molar-refractivity contribution in [1.29, 1.82) is 5.26 Å². The number of carbonyl (C=O) groups is 1. The SMILES string of the molecule is COc1ccc(C2C(C#N)=C(N)N(c3nnc(SC4CCCCC4)s3)C3=C2C(=O)CC(C)(C)C3)cc1OC. The van der Waals surface area contributed by atoms with Gasteiger partial charge in [-0.2, -0.15) is 5.26 Å². The highest BCUT2D eigenvalue weighted by Crippen LogP contribution is 2.51. The molecule has 0 radical (unpaired) electrons. The maximum atomic E-state index is 13.8. The van der Waals surface area contributed by atoms with E-state index in [2.05, 4.69) is 30.1 Å². The molecule has 2 aliphatic carbocycles. The number of benzene rings is 1. The van der Waals surface area contributed by atoms with Crippen LogP contribution in [0, 0.1) is 16.7 Å². The highest BCUT2D eigenvalue weighted by atomic mass is 32.2. The second-order valence-electron chi connectivity index (χ2n) is 10.8. The fourth-order valence-electron chi connectivity index (χ4n) is 5.76. The van der Waals surface area contributed by atoms with E-state index in [1.54, 1.807) is 32.0 Å². The number of aromatic nitrogens is 2. The molecule has 10 heteroatoms. The normalized spacial score (nSPS) is 21.8. The molecule has 1 aromatic carbocycles. The summed E-state index contributed by atoms with van der Waals surface area (Å²) in [6.07, 6.45) is 7.20. The third-order valence-electron chi connectivity index (χ3n) is 7.53. The van der Waals surface area contributed by atoms with Crippen LogP contribution in [-0.4, -0.2) is 35.5 Å². The summed E-state index contributed by atoms with van der Waals surface area (Å²) in [5.74, 6) is 0.817. The van der Waals surface area contributed by atoms with Crippen LogP contribution in [0.2, 0.25) is 0 Å². The lowest BCUT2D eigenvalue weighted by molar-refractivity contribution is -0.118. The molecule has 5 rings (SSSR count). The second kappa shape index (κ2) is 10.6. The predicted octanol–water partition coefficient (Wildman–Crippen LogP) is 5.92. The summed E-state index contributed by atoms with van der Waals surface area (Å²) < 4.78 is 11.8. The maximum absolute atomic E-state index is 13.8. The van der Waals surface area contributed by atoms with E-state index in [-0.39, 0.29) is 11.2 Å². The Hall–Kier alpha value is -3.03. The molecule has 200 valence electrons. The monoisotopic (exact) mass is 551 g/mol. The Labute approximate surface area is 231 Å². The van der Waals surface area contributed by atoms with Crippen molar-refractivity contribution in [3.05, 3.63) is 46.4 Å². The van der Waals surface area contributed by atoms with Gasteiger partial charge in [-0.15, -0.1) is 10.2 Å². The summed E-state index contributed by atoms with van der Waals surface area (Å²) in [7, 11) is 3.14. The number of thioether (sulfide) groups is 1. The number of nitriles is 1. The summed E-state index contributed by atoms with van der Waals surface area (Å²) in [5.41, 5.74) is 8.98. The molecule has 8 nitrogen and oxygen atoms in total. The van der Waals surface area contributed by atoms with Crippen LogP contribution in [0.5, 0.6) is 11.5 Å². The van der Waals surface area contributed by atoms with Gasteiger partial charge in [-0.1, -0.05) is 62.3 Å². The Morgan fingerprint density at radius 1 is 1.13 bits per heavy atom. The first-order valence-electron chi connectivity index (χ1n) is 12.9. The maximum Gasteiger partial charge on any atom is 0.219 e. The third-order valence-corrected chi connectivity index (χ3v) is 9.86. The molecule has 0 bridgehead atoms. The fraction of sp³-hybridized carbons (Fsp3) is 0.500. The van der Waals surface area contributed by atoms with Crippen molar-refractivity contribution in [2.24, 2.45) is 11.1 Å². The summed E-state index contributed by atoms with van der Waals surface area (Å²) in [4.78, 5) is 15.6. The van der Waals surface area contributed by atoms with Crippen molar-refractivity contribution in [2.75, 3.05) is 19.1 Å². The van der Waals surface area contributed by atoms with Gasteiger partial charge in [0.1, 0.15) is 5.82 Å². The zero-order valence-electron chi connectivity index (χ0n) is 22.2. The third kappa shape index (κ3) is 4.90. The zero-order valence-corrected chi connectivity index (χ0v) is 23.9. The Balaban J connectivity index is 1.61. The van der Waals surface area contributed by atoms with Crippen molar-refractivity contribution in [3.8, 4) is 17.6 Å². The number of hydrogen-bond acceptors (Lipinski definition) is 10. The number of nitrogens with two attached hydrogens (primary N) is 1. The van der Waals surface area contributed by atoms with Gasteiger partial charge in [0, 0.05) is 22.9 Å². The number of Topliss-reactive ketones (excluding diaryl/α,β-unsaturated/α-hetero) is 1. The van der Waals surface area contributed by atoms with Crippen LogP contribution < -0.4 is 20.1 Å². The van der Waals surface area contributed by atoms with Crippen LogP contribution in [0.15, 0.2) is 45.2 Å². The summed E-state index contributed by atoms with van der Waals surface area (Å²) in [6.45, 7) is 4.17.